The van der Waals surface area contributed by atoms with E-state index in [1.165, 1.54) is 21.6 Å². The minimum absolute atomic E-state index is 0.181. The molecule has 6 N–H and O–H groups in total. The Bertz CT molecular complexity index is 871. The van der Waals surface area contributed by atoms with Crippen LogP contribution in [0.25, 0.3) is 0 Å². The predicted octanol–water partition coefficient (Wildman–Crippen LogP) is 1.32. The lowest BCUT2D eigenvalue weighted by atomic mass is 9.79. The molecule has 2 aromatic carbocycles. The Morgan fingerprint density at radius 3 is 1.44 bits per heavy atom. The van der Waals surface area contributed by atoms with Gasteiger partial charge in [0.25, 0.3) is 0 Å². The Morgan fingerprint density at radius 2 is 1.12 bits per heavy atom. The second kappa shape index (κ2) is 12.9. The fourth-order valence-corrected chi connectivity index (χ4v) is 4.81. The van der Waals surface area contributed by atoms with Crippen LogP contribution in [0.3, 0.4) is 0 Å². The lowest BCUT2D eigenvalue weighted by molar-refractivity contribution is -0.117. The summed E-state index contributed by atoms with van der Waals surface area (Å²) in [6.45, 7) is 3.76. The van der Waals surface area contributed by atoms with Gasteiger partial charge in [-0.2, -0.15) is 0 Å². The van der Waals surface area contributed by atoms with Crippen LogP contribution in [0, 0.1) is 0 Å². The minimum Gasteiger partial charge on any atom is -0.423 e. The SMILES string of the molecule is CCCC(=O)Nc1ccc(SSc2ccc(NC(=O)CCC)c(B(O)O)c2)cc1B(O)O. The van der Waals surface area contributed by atoms with Gasteiger partial charge < -0.3 is 30.7 Å². The van der Waals surface area contributed by atoms with E-state index < -0.39 is 14.2 Å². The second-order valence-electron chi connectivity index (χ2n) is 7.01. The largest absolute Gasteiger partial charge is 0.490 e. The molecule has 0 radical (unpaired) electrons. The van der Waals surface area contributed by atoms with E-state index in [-0.39, 0.29) is 22.7 Å². The van der Waals surface area contributed by atoms with Crippen molar-refractivity contribution in [1.29, 1.82) is 0 Å². The summed E-state index contributed by atoms with van der Waals surface area (Å²) >= 11 is 0. The second-order valence-corrected chi connectivity index (χ2v) is 9.28. The first-order valence-electron chi connectivity index (χ1n) is 10.2. The van der Waals surface area contributed by atoms with Gasteiger partial charge in [-0.15, -0.1) is 0 Å². The summed E-state index contributed by atoms with van der Waals surface area (Å²) < 4.78 is 0. The molecule has 0 unspecified atom stereocenters. The van der Waals surface area contributed by atoms with Crippen molar-refractivity contribution < 1.29 is 29.7 Å². The van der Waals surface area contributed by atoms with Crippen molar-refractivity contribution in [2.24, 2.45) is 0 Å². The molecule has 0 aliphatic heterocycles. The first kappa shape index (κ1) is 26.3. The molecule has 0 saturated carbocycles. The fraction of sp³-hybridized carbons (Fsp3) is 0.300. The van der Waals surface area contributed by atoms with Gasteiger partial charge in [0.2, 0.25) is 11.8 Å². The summed E-state index contributed by atoms with van der Waals surface area (Å²) in [7, 11) is -0.856. The van der Waals surface area contributed by atoms with E-state index in [9.17, 15) is 29.7 Å². The van der Waals surface area contributed by atoms with Gasteiger partial charge in [-0.3, -0.25) is 9.59 Å². The molecule has 0 fully saturated rings. The average molecular weight is 476 g/mol. The number of amides is 2. The van der Waals surface area contributed by atoms with Gasteiger partial charge in [0.05, 0.1) is 0 Å². The van der Waals surface area contributed by atoms with Gasteiger partial charge in [0.15, 0.2) is 0 Å². The van der Waals surface area contributed by atoms with E-state index in [4.69, 9.17) is 0 Å². The third kappa shape index (κ3) is 7.88. The number of hydrogen-bond acceptors (Lipinski definition) is 8. The zero-order chi connectivity index (χ0) is 23.7. The highest BCUT2D eigenvalue weighted by molar-refractivity contribution is 8.76. The summed E-state index contributed by atoms with van der Waals surface area (Å²) in [4.78, 5) is 25.1. The zero-order valence-electron chi connectivity index (χ0n) is 17.9. The predicted molar refractivity (Wildman–Crippen MR) is 131 cm³/mol. The molecule has 0 aliphatic carbocycles. The molecule has 0 aromatic heterocycles. The quantitative estimate of drug-likeness (QED) is 0.211. The molecule has 2 amide bonds. The Morgan fingerprint density at radius 1 is 0.750 bits per heavy atom. The van der Waals surface area contributed by atoms with Crippen LogP contribution in [0.1, 0.15) is 39.5 Å². The van der Waals surface area contributed by atoms with Gasteiger partial charge in [0.1, 0.15) is 0 Å². The smallest absolute Gasteiger partial charge is 0.423 e. The van der Waals surface area contributed by atoms with Crippen LogP contribution in [0.2, 0.25) is 0 Å². The number of anilines is 2. The number of nitrogens with one attached hydrogen (secondary N) is 2. The maximum atomic E-state index is 11.8. The number of benzene rings is 2. The molecule has 0 heterocycles. The van der Waals surface area contributed by atoms with E-state index in [2.05, 4.69) is 10.6 Å². The molecule has 0 bridgehead atoms. The normalized spacial score (nSPS) is 10.6. The molecular formula is C20H26B2N2O6S2. The Hall–Kier alpha value is -1.95. The molecule has 170 valence electrons. The number of hydrogen-bond donors (Lipinski definition) is 6. The van der Waals surface area contributed by atoms with E-state index >= 15 is 0 Å². The van der Waals surface area contributed by atoms with Gasteiger partial charge in [-0.05, 0) is 49.2 Å². The van der Waals surface area contributed by atoms with E-state index in [1.807, 2.05) is 13.8 Å². The minimum atomic E-state index is -1.75. The van der Waals surface area contributed by atoms with Gasteiger partial charge in [-0.1, -0.05) is 35.4 Å². The molecule has 2 rings (SSSR count). The van der Waals surface area contributed by atoms with Crippen molar-refractivity contribution in [3.8, 4) is 0 Å². The lowest BCUT2D eigenvalue weighted by Gasteiger charge is -2.13. The highest BCUT2D eigenvalue weighted by Crippen LogP contribution is 2.37. The highest BCUT2D eigenvalue weighted by Gasteiger charge is 2.20. The van der Waals surface area contributed by atoms with Crippen molar-refractivity contribution in [2.45, 2.75) is 49.3 Å². The maximum Gasteiger partial charge on any atom is 0.490 e. The van der Waals surface area contributed by atoms with Crippen LogP contribution < -0.4 is 21.6 Å². The van der Waals surface area contributed by atoms with Crippen LogP contribution >= 0.6 is 21.6 Å². The van der Waals surface area contributed by atoms with Crippen LogP contribution in [0.15, 0.2) is 46.2 Å². The molecule has 0 saturated heterocycles. The van der Waals surface area contributed by atoms with Gasteiger partial charge in [0, 0.05) is 44.9 Å². The molecular weight excluding hydrogens is 450 g/mol. The number of carbonyl (C=O) groups excluding carboxylic acids is 2. The molecule has 8 nitrogen and oxygen atoms in total. The van der Waals surface area contributed by atoms with Crippen molar-refractivity contribution in [2.75, 3.05) is 10.6 Å². The first-order chi connectivity index (χ1) is 15.2. The molecule has 0 atom stereocenters. The summed E-state index contributed by atoms with van der Waals surface area (Å²) in [5, 5.41) is 44.1. The van der Waals surface area contributed by atoms with E-state index in [0.717, 1.165) is 0 Å². The number of rotatable bonds is 11. The zero-order valence-corrected chi connectivity index (χ0v) is 19.5. The number of carbonyl (C=O) groups is 2. The van der Waals surface area contributed by atoms with Crippen LogP contribution in [-0.4, -0.2) is 46.1 Å². The molecule has 0 aliphatic rings. The molecule has 32 heavy (non-hydrogen) atoms. The Labute approximate surface area is 195 Å². The van der Waals surface area contributed by atoms with Crippen LogP contribution in [0.5, 0.6) is 0 Å². The van der Waals surface area contributed by atoms with Crippen LogP contribution in [0.4, 0.5) is 11.4 Å². The van der Waals surface area contributed by atoms with E-state index in [1.54, 1.807) is 36.4 Å². The van der Waals surface area contributed by atoms with Crippen molar-refractivity contribution in [3.63, 3.8) is 0 Å². The molecule has 2 aromatic rings. The third-order valence-electron chi connectivity index (χ3n) is 4.34. The maximum absolute atomic E-state index is 11.8. The standard InChI is InChI=1S/C20H26B2N2O6S2/c1-3-5-19(25)23-17-9-7-13(11-15(17)21(27)28)31-32-14-8-10-18(16(12-14)22(29)30)24-20(26)6-4-2/h7-12,27-30H,3-6H2,1-2H3,(H,23,25)(H,24,26). The third-order valence-corrected chi connectivity index (χ3v) is 6.72. The van der Waals surface area contributed by atoms with Crippen LogP contribution in [-0.2, 0) is 9.59 Å². The topological polar surface area (TPSA) is 139 Å². The van der Waals surface area contributed by atoms with Crippen molar-refractivity contribution in [1.82, 2.24) is 0 Å². The molecule has 0 spiro atoms. The summed E-state index contributed by atoms with van der Waals surface area (Å²) in [5.74, 6) is -0.407. The van der Waals surface area contributed by atoms with Gasteiger partial charge >= 0.3 is 14.2 Å². The first-order valence-corrected chi connectivity index (χ1v) is 12.3. The summed E-state index contributed by atoms with van der Waals surface area (Å²) in [6.07, 6.45) is 2.03. The molecule has 12 heteroatoms. The summed E-state index contributed by atoms with van der Waals surface area (Å²) in [5.41, 5.74) is 1.04. The average Bonchev–Trinajstić information content (AvgIpc) is 2.73. The van der Waals surface area contributed by atoms with E-state index in [0.29, 0.717) is 46.8 Å². The van der Waals surface area contributed by atoms with Crippen molar-refractivity contribution in [3.05, 3.63) is 36.4 Å². The lowest BCUT2D eigenvalue weighted by Crippen LogP contribution is -2.33. The van der Waals surface area contributed by atoms with Gasteiger partial charge in [-0.25, -0.2) is 0 Å². The van der Waals surface area contributed by atoms with Crippen molar-refractivity contribution >= 4 is 69.9 Å². The Kier molecular flexibility index (Phi) is 10.6. The highest BCUT2D eigenvalue weighted by atomic mass is 33.1. The summed E-state index contributed by atoms with van der Waals surface area (Å²) in [6, 6.07) is 9.86. The Balaban J connectivity index is 2.15. The monoisotopic (exact) mass is 476 g/mol. The fourth-order valence-electron chi connectivity index (χ4n) is 2.82.